The lowest BCUT2D eigenvalue weighted by Crippen LogP contribution is -2.39. The molecule has 1 N–H and O–H groups in total. The van der Waals surface area contributed by atoms with Gasteiger partial charge in [0.1, 0.15) is 0 Å². The van der Waals surface area contributed by atoms with Crippen molar-refractivity contribution in [2.45, 2.75) is 26.4 Å². The van der Waals surface area contributed by atoms with Gasteiger partial charge >= 0.3 is 0 Å². The van der Waals surface area contributed by atoms with Gasteiger partial charge < -0.3 is 14.7 Å². The van der Waals surface area contributed by atoms with Crippen LogP contribution in [0.15, 0.2) is 18.2 Å². The summed E-state index contributed by atoms with van der Waals surface area (Å²) >= 11 is 0. The van der Waals surface area contributed by atoms with E-state index in [0.29, 0.717) is 11.8 Å². The van der Waals surface area contributed by atoms with Crippen LogP contribution in [-0.2, 0) is 6.54 Å². The SMILES string of the molecule is CCN(Cc1ccc(OC)c(O)c1)C(C)CN(C)C. The predicted molar refractivity (Wildman–Crippen MR) is 78.8 cm³/mol. The minimum Gasteiger partial charge on any atom is -0.504 e. The molecule has 1 aromatic carbocycles. The van der Waals surface area contributed by atoms with Crippen LogP contribution < -0.4 is 4.74 Å². The maximum Gasteiger partial charge on any atom is 0.160 e. The Bertz CT molecular complexity index is 394. The first-order chi connectivity index (χ1) is 8.97. The minimum absolute atomic E-state index is 0.205. The van der Waals surface area contributed by atoms with Gasteiger partial charge in [-0.15, -0.1) is 0 Å². The molecule has 1 aromatic rings. The van der Waals surface area contributed by atoms with Crippen LogP contribution >= 0.6 is 0 Å². The fourth-order valence-corrected chi connectivity index (χ4v) is 2.29. The topological polar surface area (TPSA) is 35.9 Å². The van der Waals surface area contributed by atoms with E-state index in [9.17, 15) is 5.11 Å². The summed E-state index contributed by atoms with van der Waals surface area (Å²) in [6, 6.07) is 6.08. The molecule has 19 heavy (non-hydrogen) atoms. The highest BCUT2D eigenvalue weighted by Gasteiger charge is 2.14. The van der Waals surface area contributed by atoms with Gasteiger partial charge in [-0.3, -0.25) is 4.90 Å². The van der Waals surface area contributed by atoms with Gasteiger partial charge in [0, 0.05) is 19.1 Å². The molecule has 1 rings (SSSR count). The fourth-order valence-electron chi connectivity index (χ4n) is 2.29. The zero-order valence-electron chi connectivity index (χ0n) is 12.7. The van der Waals surface area contributed by atoms with Crippen LogP contribution in [0.4, 0.5) is 0 Å². The van der Waals surface area contributed by atoms with Crippen LogP contribution in [0.25, 0.3) is 0 Å². The number of hydrogen-bond acceptors (Lipinski definition) is 4. The predicted octanol–water partition coefficient (Wildman–Crippen LogP) is 2.17. The van der Waals surface area contributed by atoms with Crippen LogP contribution in [0.2, 0.25) is 0 Å². The molecule has 0 fully saturated rings. The number of ether oxygens (including phenoxy) is 1. The average Bonchev–Trinajstić information content (AvgIpc) is 2.35. The number of rotatable bonds is 7. The zero-order chi connectivity index (χ0) is 14.4. The van der Waals surface area contributed by atoms with E-state index < -0.39 is 0 Å². The van der Waals surface area contributed by atoms with E-state index in [4.69, 9.17) is 4.74 Å². The van der Waals surface area contributed by atoms with Gasteiger partial charge in [0.2, 0.25) is 0 Å². The molecule has 0 bridgehead atoms. The lowest BCUT2D eigenvalue weighted by Gasteiger charge is -2.30. The lowest BCUT2D eigenvalue weighted by molar-refractivity contribution is 0.174. The van der Waals surface area contributed by atoms with Crippen molar-refractivity contribution in [3.8, 4) is 11.5 Å². The summed E-state index contributed by atoms with van der Waals surface area (Å²) in [6.07, 6.45) is 0. The summed E-state index contributed by atoms with van der Waals surface area (Å²) in [5.74, 6) is 0.726. The molecule has 0 radical (unpaired) electrons. The van der Waals surface area contributed by atoms with Crippen LogP contribution in [-0.4, -0.2) is 55.2 Å². The number of aromatic hydroxyl groups is 1. The number of methoxy groups -OCH3 is 1. The highest BCUT2D eigenvalue weighted by molar-refractivity contribution is 5.41. The van der Waals surface area contributed by atoms with Crippen molar-refractivity contribution in [1.29, 1.82) is 0 Å². The van der Waals surface area contributed by atoms with Gasteiger partial charge in [-0.25, -0.2) is 0 Å². The molecule has 0 spiro atoms. The normalized spacial score (nSPS) is 13.0. The molecular weight excluding hydrogens is 240 g/mol. The molecule has 0 aliphatic rings. The van der Waals surface area contributed by atoms with E-state index in [1.165, 1.54) is 0 Å². The van der Waals surface area contributed by atoms with Gasteiger partial charge in [0.25, 0.3) is 0 Å². The second-order valence-corrected chi connectivity index (χ2v) is 5.18. The summed E-state index contributed by atoms with van der Waals surface area (Å²) in [6.45, 7) is 7.24. The Morgan fingerprint density at radius 1 is 1.32 bits per heavy atom. The van der Waals surface area contributed by atoms with Gasteiger partial charge in [-0.2, -0.15) is 0 Å². The minimum atomic E-state index is 0.205. The lowest BCUT2D eigenvalue weighted by atomic mass is 10.1. The Morgan fingerprint density at radius 2 is 2.00 bits per heavy atom. The smallest absolute Gasteiger partial charge is 0.160 e. The monoisotopic (exact) mass is 266 g/mol. The molecule has 0 aliphatic heterocycles. The maximum absolute atomic E-state index is 9.81. The van der Waals surface area contributed by atoms with E-state index in [0.717, 1.165) is 25.2 Å². The summed E-state index contributed by atoms with van der Waals surface area (Å²) in [5.41, 5.74) is 1.10. The number of phenols is 1. The molecule has 4 heteroatoms. The van der Waals surface area contributed by atoms with Gasteiger partial charge in [-0.1, -0.05) is 13.0 Å². The quantitative estimate of drug-likeness (QED) is 0.820. The van der Waals surface area contributed by atoms with Crippen molar-refractivity contribution in [3.05, 3.63) is 23.8 Å². The Labute approximate surface area is 116 Å². The van der Waals surface area contributed by atoms with Gasteiger partial charge in [0.15, 0.2) is 11.5 Å². The third kappa shape index (κ3) is 4.73. The van der Waals surface area contributed by atoms with E-state index in [1.54, 1.807) is 13.2 Å². The van der Waals surface area contributed by atoms with E-state index >= 15 is 0 Å². The second-order valence-electron chi connectivity index (χ2n) is 5.18. The molecule has 0 heterocycles. The Balaban J connectivity index is 2.72. The fraction of sp³-hybridized carbons (Fsp3) is 0.600. The number of benzene rings is 1. The number of phenolic OH excluding ortho intramolecular Hbond substituents is 1. The van der Waals surface area contributed by atoms with Crippen LogP contribution in [0.5, 0.6) is 11.5 Å². The standard InChI is InChI=1S/C15H26N2O2/c1-6-17(12(2)10-16(3)4)11-13-7-8-15(19-5)14(18)9-13/h7-9,12,18H,6,10-11H2,1-5H3. The summed E-state index contributed by atoms with van der Waals surface area (Å²) < 4.78 is 5.06. The molecule has 1 unspecified atom stereocenters. The molecule has 0 aromatic heterocycles. The average molecular weight is 266 g/mol. The van der Waals surface area contributed by atoms with E-state index in [-0.39, 0.29) is 5.75 Å². The van der Waals surface area contributed by atoms with Crippen molar-refractivity contribution < 1.29 is 9.84 Å². The van der Waals surface area contributed by atoms with Crippen LogP contribution in [0.3, 0.4) is 0 Å². The number of nitrogens with zero attached hydrogens (tertiary/aromatic N) is 2. The first kappa shape index (κ1) is 15.8. The highest BCUT2D eigenvalue weighted by atomic mass is 16.5. The van der Waals surface area contributed by atoms with Crippen molar-refractivity contribution in [3.63, 3.8) is 0 Å². The van der Waals surface area contributed by atoms with Crippen molar-refractivity contribution in [2.24, 2.45) is 0 Å². The first-order valence-corrected chi connectivity index (χ1v) is 6.72. The Hall–Kier alpha value is -1.26. The zero-order valence-corrected chi connectivity index (χ0v) is 12.7. The second kappa shape index (κ2) is 7.36. The largest absolute Gasteiger partial charge is 0.504 e. The molecule has 0 saturated carbocycles. The molecule has 0 amide bonds. The van der Waals surface area contributed by atoms with E-state index in [1.807, 2.05) is 12.1 Å². The van der Waals surface area contributed by atoms with Crippen molar-refractivity contribution >= 4 is 0 Å². The molecule has 4 nitrogen and oxygen atoms in total. The van der Waals surface area contributed by atoms with Crippen molar-refractivity contribution in [1.82, 2.24) is 9.80 Å². The third-order valence-electron chi connectivity index (χ3n) is 3.29. The molecule has 108 valence electrons. The third-order valence-corrected chi connectivity index (χ3v) is 3.29. The number of hydrogen-bond donors (Lipinski definition) is 1. The first-order valence-electron chi connectivity index (χ1n) is 6.72. The molecular formula is C15H26N2O2. The highest BCUT2D eigenvalue weighted by Crippen LogP contribution is 2.26. The van der Waals surface area contributed by atoms with Gasteiger partial charge in [0.05, 0.1) is 7.11 Å². The van der Waals surface area contributed by atoms with Gasteiger partial charge in [-0.05, 0) is 45.3 Å². The molecule has 0 aliphatic carbocycles. The molecule has 1 atom stereocenters. The Morgan fingerprint density at radius 3 is 2.47 bits per heavy atom. The number of likely N-dealkylation sites (N-methyl/N-ethyl adjacent to an activating group) is 2. The van der Waals surface area contributed by atoms with Crippen LogP contribution in [0.1, 0.15) is 19.4 Å². The Kier molecular flexibility index (Phi) is 6.12. The maximum atomic E-state index is 9.81. The van der Waals surface area contributed by atoms with Crippen LogP contribution in [0, 0.1) is 0 Å². The summed E-state index contributed by atoms with van der Waals surface area (Å²) in [5, 5.41) is 9.81. The molecule has 0 saturated heterocycles. The van der Waals surface area contributed by atoms with E-state index in [2.05, 4.69) is 37.7 Å². The summed E-state index contributed by atoms with van der Waals surface area (Å²) in [4.78, 5) is 4.58. The van der Waals surface area contributed by atoms with Crippen molar-refractivity contribution in [2.75, 3.05) is 34.3 Å². The summed E-state index contributed by atoms with van der Waals surface area (Å²) in [7, 11) is 5.74.